The zero-order valence-corrected chi connectivity index (χ0v) is 12.7. The van der Waals surface area contributed by atoms with E-state index in [4.69, 9.17) is 5.26 Å². The molecule has 2 aromatic rings. The first-order valence-corrected chi connectivity index (χ1v) is 6.96. The summed E-state index contributed by atoms with van der Waals surface area (Å²) in [6, 6.07) is 10.5. The highest BCUT2D eigenvalue weighted by Crippen LogP contribution is 2.13. The Hall–Kier alpha value is -2.12. The molecule has 0 aliphatic carbocycles. The Morgan fingerprint density at radius 1 is 1.29 bits per heavy atom. The second kappa shape index (κ2) is 6.11. The van der Waals surface area contributed by atoms with Crippen molar-refractivity contribution in [3.63, 3.8) is 0 Å². The first-order chi connectivity index (χ1) is 9.87. The van der Waals surface area contributed by atoms with Gasteiger partial charge >= 0.3 is 0 Å². The topological polar surface area (TPSA) is 40.8 Å². The van der Waals surface area contributed by atoms with E-state index in [1.54, 1.807) is 6.07 Å². The highest BCUT2D eigenvalue weighted by Gasteiger charge is 2.10. The zero-order valence-electron chi connectivity index (χ0n) is 12.7. The van der Waals surface area contributed by atoms with E-state index in [0.29, 0.717) is 12.1 Å². The predicted octanol–water partition coefficient (Wildman–Crippen LogP) is 3.44. The van der Waals surface area contributed by atoms with Crippen LogP contribution in [0.25, 0.3) is 0 Å². The third-order valence-electron chi connectivity index (χ3n) is 3.16. The quantitative estimate of drug-likeness (QED) is 0.935. The van der Waals surface area contributed by atoms with Crippen LogP contribution in [0.4, 0.5) is 4.39 Å². The number of nitriles is 1. The van der Waals surface area contributed by atoms with Crippen LogP contribution in [0.3, 0.4) is 0 Å². The molecule has 0 atom stereocenters. The molecule has 21 heavy (non-hydrogen) atoms. The summed E-state index contributed by atoms with van der Waals surface area (Å²) in [5.74, 6) is -0.370. The zero-order chi connectivity index (χ0) is 15.5. The molecule has 4 heteroatoms. The van der Waals surface area contributed by atoms with Crippen molar-refractivity contribution in [3.8, 4) is 6.07 Å². The summed E-state index contributed by atoms with van der Waals surface area (Å²) in [7, 11) is 0. The molecule has 0 bridgehead atoms. The molecule has 0 saturated heterocycles. The van der Waals surface area contributed by atoms with Crippen LogP contribution in [0.2, 0.25) is 0 Å². The Balaban J connectivity index is 2.16. The first-order valence-electron chi connectivity index (χ1n) is 6.96. The second-order valence-corrected chi connectivity index (χ2v) is 6.19. The van der Waals surface area contributed by atoms with Gasteiger partial charge in [0, 0.05) is 30.5 Å². The molecule has 110 valence electrons. The van der Waals surface area contributed by atoms with Crippen LogP contribution >= 0.6 is 0 Å². The molecule has 1 aromatic carbocycles. The van der Waals surface area contributed by atoms with Crippen molar-refractivity contribution in [3.05, 3.63) is 59.2 Å². The average molecular weight is 285 g/mol. The second-order valence-electron chi connectivity index (χ2n) is 6.19. The van der Waals surface area contributed by atoms with Gasteiger partial charge in [-0.2, -0.15) is 5.26 Å². The number of nitrogens with one attached hydrogen (secondary N) is 1. The van der Waals surface area contributed by atoms with Gasteiger partial charge in [-0.3, -0.25) is 0 Å². The lowest BCUT2D eigenvalue weighted by molar-refractivity contribution is 0.417. The highest BCUT2D eigenvalue weighted by molar-refractivity contribution is 5.34. The smallest absolute Gasteiger partial charge is 0.124 e. The van der Waals surface area contributed by atoms with Crippen LogP contribution in [0.15, 0.2) is 36.5 Å². The van der Waals surface area contributed by atoms with E-state index in [9.17, 15) is 4.39 Å². The summed E-state index contributed by atoms with van der Waals surface area (Å²) in [6.07, 6.45) is 1.97. The molecule has 0 spiro atoms. The average Bonchev–Trinajstić information content (AvgIpc) is 2.82. The SMILES string of the molecule is CC(C)(C)NCc1cccn1Cc1cc(F)cc(C#N)c1. The third-order valence-corrected chi connectivity index (χ3v) is 3.16. The fourth-order valence-electron chi connectivity index (χ4n) is 2.12. The Morgan fingerprint density at radius 3 is 2.71 bits per heavy atom. The lowest BCUT2D eigenvalue weighted by Crippen LogP contribution is -2.35. The maximum absolute atomic E-state index is 13.5. The van der Waals surface area contributed by atoms with Gasteiger partial charge in [0.25, 0.3) is 0 Å². The molecule has 1 aromatic heterocycles. The Labute approximate surface area is 125 Å². The molecular formula is C17H20FN3. The van der Waals surface area contributed by atoms with Crippen molar-refractivity contribution in [2.75, 3.05) is 0 Å². The summed E-state index contributed by atoms with van der Waals surface area (Å²) < 4.78 is 15.5. The van der Waals surface area contributed by atoms with Crippen LogP contribution in [-0.2, 0) is 13.1 Å². The maximum Gasteiger partial charge on any atom is 0.124 e. The number of aromatic nitrogens is 1. The molecule has 1 heterocycles. The van der Waals surface area contributed by atoms with Crippen molar-refractivity contribution in [1.82, 2.24) is 9.88 Å². The van der Waals surface area contributed by atoms with Crippen molar-refractivity contribution < 1.29 is 4.39 Å². The van der Waals surface area contributed by atoms with Crippen LogP contribution in [0.5, 0.6) is 0 Å². The number of nitrogens with zero attached hydrogens (tertiary/aromatic N) is 2. The van der Waals surface area contributed by atoms with E-state index in [1.807, 2.05) is 24.4 Å². The Bertz CT molecular complexity index is 659. The van der Waals surface area contributed by atoms with E-state index >= 15 is 0 Å². The number of hydrogen-bond acceptors (Lipinski definition) is 2. The van der Waals surface area contributed by atoms with E-state index in [0.717, 1.165) is 17.8 Å². The minimum atomic E-state index is -0.370. The molecule has 0 amide bonds. The fraction of sp³-hybridized carbons (Fsp3) is 0.353. The molecule has 1 N–H and O–H groups in total. The van der Waals surface area contributed by atoms with E-state index in [1.165, 1.54) is 12.1 Å². The van der Waals surface area contributed by atoms with E-state index < -0.39 is 0 Å². The fourth-order valence-corrected chi connectivity index (χ4v) is 2.12. The van der Waals surface area contributed by atoms with Gasteiger partial charge in [0.15, 0.2) is 0 Å². The lowest BCUT2D eigenvalue weighted by Gasteiger charge is -2.21. The van der Waals surface area contributed by atoms with Gasteiger partial charge in [0.1, 0.15) is 5.82 Å². The molecule has 3 nitrogen and oxygen atoms in total. The Morgan fingerprint density at radius 2 is 2.05 bits per heavy atom. The maximum atomic E-state index is 13.5. The van der Waals surface area contributed by atoms with Crippen molar-refractivity contribution in [2.45, 2.75) is 39.4 Å². The largest absolute Gasteiger partial charge is 0.346 e. The Kier molecular flexibility index (Phi) is 4.44. The minimum absolute atomic E-state index is 0.0436. The minimum Gasteiger partial charge on any atom is -0.346 e. The standard InChI is InChI=1S/C17H20FN3/c1-17(2,3)20-11-16-5-4-6-21(16)12-14-7-13(10-19)8-15(18)9-14/h4-9,20H,11-12H2,1-3H3. The van der Waals surface area contributed by atoms with Crippen LogP contribution in [0, 0.1) is 17.1 Å². The van der Waals surface area contributed by atoms with Gasteiger partial charge in [-0.1, -0.05) is 0 Å². The highest BCUT2D eigenvalue weighted by atomic mass is 19.1. The van der Waals surface area contributed by atoms with Crippen molar-refractivity contribution in [2.24, 2.45) is 0 Å². The normalized spacial score (nSPS) is 11.4. The monoisotopic (exact) mass is 285 g/mol. The van der Waals surface area contributed by atoms with Crippen molar-refractivity contribution >= 4 is 0 Å². The van der Waals surface area contributed by atoms with Crippen LogP contribution in [-0.4, -0.2) is 10.1 Å². The number of rotatable bonds is 4. The van der Waals surface area contributed by atoms with Gasteiger partial charge < -0.3 is 9.88 Å². The molecule has 0 aliphatic rings. The molecule has 0 aliphatic heterocycles. The molecule has 0 radical (unpaired) electrons. The molecule has 0 fully saturated rings. The van der Waals surface area contributed by atoms with Crippen LogP contribution < -0.4 is 5.32 Å². The van der Waals surface area contributed by atoms with Gasteiger partial charge in [-0.15, -0.1) is 0 Å². The number of hydrogen-bond donors (Lipinski definition) is 1. The van der Waals surface area contributed by atoms with Gasteiger partial charge in [-0.25, -0.2) is 4.39 Å². The van der Waals surface area contributed by atoms with Crippen molar-refractivity contribution in [1.29, 1.82) is 5.26 Å². The van der Waals surface area contributed by atoms with Gasteiger partial charge in [-0.05, 0) is 56.7 Å². The summed E-state index contributed by atoms with van der Waals surface area (Å²) in [5, 5.41) is 12.3. The van der Waals surface area contributed by atoms with E-state index in [-0.39, 0.29) is 11.4 Å². The first kappa shape index (κ1) is 15.3. The number of benzene rings is 1. The van der Waals surface area contributed by atoms with E-state index in [2.05, 4.69) is 30.7 Å². The lowest BCUT2D eigenvalue weighted by atomic mass is 10.1. The molecular weight excluding hydrogens is 265 g/mol. The van der Waals surface area contributed by atoms with Crippen LogP contribution in [0.1, 0.15) is 37.6 Å². The molecule has 0 saturated carbocycles. The summed E-state index contributed by atoms with van der Waals surface area (Å²) in [4.78, 5) is 0. The summed E-state index contributed by atoms with van der Waals surface area (Å²) >= 11 is 0. The van der Waals surface area contributed by atoms with Gasteiger partial charge in [0.05, 0.1) is 11.6 Å². The predicted molar refractivity (Wildman–Crippen MR) is 81.2 cm³/mol. The van der Waals surface area contributed by atoms with Gasteiger partial charge in [0.2, 0.25) is 0 Å². The third kappa shape index (κ3) is 4.44. The molecule has 0 unspecified atom stereocenters. The molecule has 2 rings (SSSR count). The summed E-state index contributed by atoms with van der Waals surface area (Å²) in [6.45, 7) is 7.65. The summed E-state index contributed by atoms with van der Waals surface area (Å²) in [5.41, 5.74) is 2.32. The number of halogens is 1.